The number of amides is 1. The van der Waals surface area contributed by atoms with Crippen molar-refractivity contribution >= 4 is 29.2 Å². The standard InChI is InChI=1S/C24H21ClF3N7O3/c1-23(2,3)38-21(37)14-7-6-13(10-16(14)25)32-20(36)19-31-11-17(34(19)4)15-12-35(22-29-8-5-9-30-22)33-18(15)24(26,27)28/h5-12H,1-4H3,(H,32,36). The first-order chi connectivity index (χ1) is 17.7. The minimum absolute atomic E-state index is 0.0111. The van der Waals surface area contributed by atoms with E-state index in [0.29, 0.717) is 0 Å². The number of carbonyl (C=O) groups excluding carboxylic acids is 2. The molecule has 4 rings (SSSR count). The van der Waals surface area contributed by atoms with Crippen LogP contribution in [0.3, 0.4) is 0 Å². The molecule has 0 bridgehead atoms. The molecule has 38 heavy (non-hydrogen) atoms. The predicted octanol–water partition coefficient (Wildman–Crippen LogP) is 4.94. The van der Waals surface area contributed by atoms with Gasteiger partial charge in [0, 0.05) is 31.3 Å². The largest absolute Gasteiger partial charge is 0.456 e. The Morgan fingerprint density at radius 1 is 1.08 bits per heavy atom. The van der Waals surface area contributed by atoms with Gasteiger partial charge in [-0.15, -0.1) is 0 Å². The van der Waals surface area contributed by atoms with Crippen molar-refractivity contribution in [3.05, 3.63) is 71.2 Å². The second-order valence-corrected chi connectivity index (χ2v) is 9.47. The number of carbonyl (C=O) groups is 2. The fraction of sp³-hybridized carbons (Fsp3) is 0.250. The monoisotopic (exact) mass is 547 g/mol. The normalized spacial score (nSPS) is 11.9. The Hall–Kier alpha value is -4.26. The summed E-state index contributed by atoms with van der Waals surface area (Å²) in [6, 6.07) is 5.71. The number of hydrogen-bond acceptors (Lipinski definition) is 7. The molecular formula is C24H21ClF3N7O3. The summed E-state index contributed by atoms with van der Waals surface area (Å²) in [6.45, 7) is 5.14. The first-order valence-corrected chi connectivity index (χ1v) is 11.4. The van der Waals surface area contributed by atoms with Crippen LogP contribution < -0.4 is 5.32 Å². The first-order valence-electron chi connectivity index (χ1n) is 11.0. The summed E-state index contributed by atoms with van der Waals surface area (Å²) >= 11 is 6.21. The van der Waals surface area contributed by atoms with Crippen molar-refractivity contribution in [1.82, 2.24) is 29.3 Å². The molecule has 0 aliphatic rings. The maximum Gasteiger partial charge on any atom is 0.435 e. The van der Waals surface area contributed by atoms with Gasteiger partial charge >= 0.3 is 12.1 Å². The first kappa shape index (κ1) is 26.8. The number of hydrogen-bond donors (Lipinski definition) is 1. The van der Waals surface area contributed by atoms with Crippen LogP contribution in [0.1, 0.15) is 47.4 Å². The SMILES string of the molecule is Cn1c(-c2cn(-c3ncccn3)nc2C(F)(F)F)cnc1C(=O)Nc1ccc(C(=O)OC(C)(C)C)c(Cl)c1. The summed E-state index contributed by atoms with van der Waals surface area (Å²) in [5.74, 6) is -1.58. The Morgan fingerprint density at radius 3 is 2.37 bits per heavy atom. The van der Waals surface area contributed by atoms with E-state index in [1.54, 1.807) is 20.8 Å². The van der Waals surface area contributed by atoms with Gasteiger partial charge in [-0.05, 0) is 45.0 Å². The highest BCUT2D eigenvalue weighted by Gasteiger charge is 2.39. The quantitative estimate of drug-likeness (QED) is 0.352. The molecule has 0 saturated carbocycles. The third-order valence-corrected chi connectivity index (χ3v) is 5.37. The Labute approximate surface area is 219 Å². The van der Waals surface area contributed by atoms with Gasteiger partial charge < -0.3 is 14.6 Å². The second-order valence-electron chi connectivity index (χ2n) is 9.06. The van der Waals surface area contributed by atoms with E-state index >= 15 is 0 Å². The Kier molecular flexibility index (Phi) is 6.98. The van der Waals surface area contributed by atoms with Crippen LogP contribution in [0.2, 0.25) is 5.02 Å². The van der Waals surface area contributed by atoms with Crippen molar-refractivity contribution in [1.29, 1.82) is 0 Å². The molecule has 0 saturated heterocycles. The zero-order chi connectivity index (χ0) is 27.8. The number of ether oxygens (including phenoxy) is 1. The molecule has 1 amide bonds. The van der Waals surface area contributed by atoms with Crippen LogP contribution in [0.15, 0.2) is 49.1 Å². The van der Waals surface area contributed by atoms with Crippen LogP contribution >= 0.6 is 11.6 Å². The van der Waals surface area contributed by atoms with Gasteiger partial charge in [-0.25, -0.2) is 24.4 Å². The number of imidazole rings is 1. The average molecular weight is 548 g/mol. The molecule has 3 aromatic heterocycles. The third-order valence-electron chi connectivity index (χ3n) is 5.05. The van der Waals surface area contributed by atoms with Gasteiger partial charge in [0.25, 0.3) is 5.91 Å². The number of esters is 1. The third kappa shape index (κ3) is 5.67. The number of rotatable bonds is 5. The van der Waals surface area contributed by atoms with Gasteiger partial charge in [0.2, 0.25) is 5.95 Å². The molecule has 14 heteroatoms. The van der Waals surface area contributed by atoms with Crippen LogP contribution in [0.5, 0.6) is 0 Å². The number of aromatic nitrogens is 6. The molecule has 1 aromatic carbocycles. The number of nitrogens with one attached hydrogen (secondary N) is 1. The minimum Gasteiger partial charge on any atom is -0.456 e. The van der Waals surface area contributed by atoms with E-state index in [9.17, 15) is 22.8 Å². The smallest absolute Gasteiger partial charge is 0.435 e. The number of alkyl halides is 3. The summed E-state index contributed by atoms with van der Waals surface area (Å²) in [6.07, 6.45) is 0.197. The zero-order valence-corrected chi connectivity index (χ0v) is 21.3. The lowest BCUT2D eigenvalue weighted by molar-refractivity contribution is -0.140. The lowest BCUT2D eigenvalue weighted by atomic mass is 10.1. The summed E-state index contributed by atoms with van der Waals surface area (Å²) in [5.41, 5.74) is -1.89. The average Bonchev–Trinajstić information content (AvgIpc) is 3.42. The number of nitrogens with zero attached hydrogens (tertiary/aromatic N) is 6. The van der Waals surface area contributed by atoms with Gasteiger partial charge in [-0.2, -0.15) is 18.3 Å². The summed E-state index contributed by atoms with van der Waals surface area (Å²) in [5, 5.41) is 6.24. The summed E-state index contributed by atoms with van der Waals surface area (Å²) < 4.78 is 48.8. The fourth-order valence-corrected chi connectivity index (χ4v) is 3.69. The van der Waals surface area contributed by atoms with E-state index in [4.69, 9.17) is 16.3 Å². The predicted molar refractivity (Wildman–Crippen MR) is 131 cm³/mol. The van der Waals surface area contributed by atoms with Crippen LogP contribution in [0, 0.1) is 0 Å². The van der Waals surface area contributed by atoms with E-state index in [0.717, 1.165) is 17.1 Å². The van der Waals surface area contributed by atoms with E-state index < -0.39 is 29.3 Å². The van der Waals surface area contributed by atoms with E-state index in [-0.39, 0.29) is 39.3 Å². The van der Waals surface area contributed by atoms with Gasteiger partial charge in [-0.1, -0.05) is 11.6 Å². The molecule has 3 heterocycles. The lowest BCUT2D eigenvalue weighted by Crippen LogP contribution is -2.24. The molecule has 0 radical (unpaired) electrons. The minimum atomic E-state index is -4.80. The van der Waals surface area contributed by atoms with E-state index in [2.05, 4.69) is 25.4 Å². The highest BCUT2D eigenvalue weighted by atomic mass is 35.5. The van der Waals surface area contributed by atoms with Crippen molar-refractivity contribution < 1.29 is 27.5 Å². The summed E-state index contributed by atoms with van der Waals surface area (Å²) in [4.78, 5) is 37.1. The topological polar surface area (TPSA) is 117 Å². The van der Waals surface area contributed by atoms with Crippen molar-refractivity contribution in [3.8, 4) is 17.2 Å². The molecule has 0 fully saturated rings. The molecule has 10 nitrogen and oxygen atoms in total. The van der Waals surface area contributed by atoms with Crippen molar-refractivity contribution in [2.24, 2.45) is 7.05 Å². The Balaban J connectivity index is 1.61. The molecule has 4 aromatic rings. The van der Waals surface area contributed by atoms with Crippen LogP contribution in [-0.4, -0.2) is 46.8 Å². The molecule has 198 valence electrons. The number of anilines is 1. The van der Waals surface area contributed by atoms with Gasteiger partial charge in [-0.3, -0.25) is 4.79 Å². The fourth-order valence-electron chi connectivity index (χ4n) is 3.43. The van der Waals surface area contributed by atoms with Crippen LogP contribution in [0.25, 0.3) is 17.2 Å². The molecule has 0 atom stereocenters. The highest BCUT2D eigenvalue weighted by Crippen LogP contribution is 2.36. The highest BCUT2D eigenvalue weighted by molar-refractivity contribution is 6.34. The van der Waals surface area contributed by atoms with Crippen molar-refractivity contribution in [3.63, 3.8) is 0 Å². The second kappa shape index (κ2) is 9.89. The van der Waals surface area contributed by atoms with Gasteiger partial charge in [0.1, 0.15) is 5.60 Å². The number of benzene rings is 1. The van der Waals surface area contributed by atoms with Crippen molar-refractivity contribution in [2.45, 2.75) is 32.5 Å². The van der Waals surface area contributed by atoms with Crippen molar-refractivity contribution in [2.75, 3.05) is 5.32 Å². The molecule has 0 unspecified atom stereocenters. The molecule has 0 aliphatic carbocycles. The van der Waals surface area contributed by atoms with Crippen LogP contribution in [-0.2, 0) is 18.0 Å². The van der Waals surface area contributed by atoms with E-state index in [1.807, 2.05) is 0 Å². The van der Waals surface area contributed by atoms with E-state index in [1.165, 1.54) is 48.3 Å². The Morgan fingerprint density at radius 2 is 1.76 bits per heavy atom. The van der Waals surface area contributed by atoms with Gasteiger partial charge in [0.05, 0.1) is 28.0 Å². The maximum absolute atomic E-state index is 13.8. The zero-order valence-electron chi connectivity index (χ0n) is 20.5. The molecular weight excluding hydrogens is 527 g/mol. The number of halogens is 4. The van der Waals surface area contributed by atoms with Gasteiger partial charge in [0.15, 0.2) is 11.5 Å². The lowest BCUT2D eigenvalue weighted by Gasteiger charge is -2.20. The molecule has 0 spiro atoms. The molecule has 1 N–H and O–H groups in total. The summed E-state index contributed by atoms with van der Waals surface area (Å²) in [7, 11) is 1.40. The molecule has 0 aliphatic heterocycles. The maximum atomic E-state index is 13.8. The van der Waals surface area contributed by atoms with Crippen LogP contribution in [0.4, 0.5) is 18.9 Å². The Bertz CT molecular complexity index is 1510.